The van der Waals surface area contributed by atoms with Crippen LogP contribution in [0.15, 0.2) is 36.4 Å². The van der Waals surface area contributed by atoms with Gasteiger partial charge in [0, 0.05) is 54.4 Å². The summed E-state index contributed by atoms with van der Waals surface area (Å²) in [6, 6.07) is 10.6. The van der Waals surface area contributed by atoms with E-state index in [9.17, 15) is 19.2 Å². The van der Waals surface area contributed by atoms with Gasteiger partial charge in [-0.25, -0.2) is 0 Å². The second-order valence-corrected chi connectivity index (χ2v) is 12.6. The molecule has 2 heterocycles. The van der Waals surface area contributed by atoms with E-state index < -0.39 is 0 Å². The molecule has 0 saturated heterocycles. The van der Waals surface area contributed by atoms with Gasteiger partial charge in [0.1, 0.15) is 42.6 Å². The predicted octanol–water partition coefficient (Wildman–Crippen LogP) is 3.76. The first-order valence-corrected chi connectivity index (χ1v) is 16.0. The Morgan fingerprint density at radius 1 is 0.729 bits per heavy atom. The molecule has 4 rings (SSSR count). The molecule has 0 aliphatic heterocycles. The molecule has 2 aromatic heterocycles. The van der Waals surface area contributed by atoms with Crippen LogP contribution in [0, 0.1) is 11.8 Å². The topological polar surface area (TPSA) is 138 Å². The second kappa shape index (κ2) is 16.0. The van der Waals surface area contributed by atoms with Gasteiger partial charge >= 0.3 is 0 Å². The summed E-state index contributed by atoms with van der Waals surface area (Å²) in [5, 5.41) is 10.4. The highest BCUT2D eigenvalue weighted by Gasteiger charge is 2.24. The number of nitrogens with zero attached hydrogens (tertiary/aromatic N) is 6. The summed E-state index contributed by atoms with van der Waals surface area (Å²) < 4.78 is 19.5. The molecule has 0 N–H and O–H groups in total. The highest BCUT2D eigenvalue weighted by molar-refractivity contribution is 6.08. The number of fused-ring (bicyclic) bond motifs is 2. The molecule has 0 saturated carbocycles. The fourth-order valence-electron chi connectivity index (χ4n) is 5.20. The Morgan fingerprint density at radius 3 is 1.69 bits per heavy atom. The average Bonchev–Trinajstić information content (AvgIpc) is 3.60. The summed E-state index contributed by atoms with van der Waals surface area (Å²) in [5.74, 6) is -0.00176. The summed E-state index contributed by atoms with van der Waals surface area (Å²) in [7, 11) is 6.95. The number of carbonyl (C=O) groups is 4. The zero-order valence-corrected chi connectivity index (χ0v) is 29.1. The van der Waals surface area contributed by atoms with Gasteiger partial charge in [0.05, 0.1) is 31.9 Å². The number of aromatic nitrogens is 4. The van der Waals surface area contributed by atoms with E-state index in [0.717, 1.165) is 0 Å². The van der Waals surface area contributed by atoms with Crippen molar-refractivity contribution in [2.75, 3.05) is 61.2 Å². The molecule has 0 aliphatic rings. The summed E-state index contributed by atoms with van der Waals surface area (Å²) in [5.41, 5.74) is 1.88. The Hall–Kier alpha value is -4.62. The molecule has 2 aromatic carbocycles. The van der Waals surface area contributed by atoms with Crippen LogP contribution in [0.1, 0.15) is 48.7 Å². The summed E-state index contributed by atoms with van der Waals surface area (Å²) in [6.07, 6.45) is 0. The van der Waals surface area contributed by atoms with Crippen LogP contribution in [0.25, 0.3) is 21.8 Å². The summed E-state index contributed by atoms with van der Waals surface area (Å²) >= 11 is 0. The maximum absolute atomic E-state index is 13.6. The third-order valence-electron chi connectivity index (χ3n) is 7.98. The van der Waals surface area contributed by atoms with Gasteiger partial charge in [-0.05, 0) is 38.4 Å². The Balaban J connectivity index is 1.44. The quantitative estimate of drug-likeness (QED) is 0.114. The maximum Gasteiger partial charge on any atom is 0.244 e. The predicted molar refractivity (Wildman–Crippen MR) is 182 cm³/mol. The normalized spacial score (nSPS) is 11.6. The molecule has 0 spiro atoms. The number of benzene rings is 2. The van der Waals surface area contributed by atoms with Crippen molar-refractivity contribution < 1.29 is 33.4 Å². The molecule has 0 radical (unpaired) electrons. The third-order valence-corrected chi connectivity index (χ3v) is 7.98. The Morgan fingerprint density at radius 2 is 1.23 bits per heavy atom. The average molecular weight is 663 g/mol. The summed E-state index contributed by atoms with van der Waals surface area (Å²) in [4.78, 5) is 56.1. The third kappa shape index (κ3) is 8.45. The van der Waals surface area contributed by atoms with Crippen molar-refractivity contribution in [1.29, 1.82) is 0 Å². The lowest BCUT2D eigenvalue weighted by Gasteiger charge is -2.24. The van der Waals surface area contributed by atoms with E-state index >= 15 is 0 Å². The molecule has 13 heteroatoms. The number of Topliss-reactive ketones (excluding diaryl/α,β-unsaturated/α-hetero) is 3. The first-order chi connectivity index (χ1) is 22.8. The highest BCUT2D eigenvalue weighted by atomic mass is 16.5. The molecular weight excluding hydrogens is 616 g/mol. The molecule has 258 valence electrons. The minimum absolute atomic E-state index is 0.0886. The van der Waals surface area contributed by atoms with Gasteiger partial charge in [0.15, 0.2) is 17.3 Å². The van der Waals surface area contributed by atoms with Crippen molar-refractivity contribution in [3.05, 3.63) is 47.8 Å². The van der Waals surface area contributed by atoms with Crippen molar-refractivity contribution in [2.45, 2.75) is 40.8 Å². The van der Waals surface area contributed by atoms with E-state index in [1.807, 2.05) is 46.7 Å². The Labute approximate surface area is 280 Å². The number of methoxy groups -OCH3 is 2. The lowest BCUT2D eigenvalue weighted by atomic mass is 10.0. The molecule has 4 aromatic rings. The van der Waals surface area contributed by atoms with Crippen LogP contribution in [0.4, 0.5) is 0 Å². The smallest absolute Gasteiger partial charge is 0.244 e. The van der Waals surface area contributed by atoms with Gasteiger partial charge in [-0.1, -0.05) is 27.7 Å². The number of hydrogen-bond donors (Lipinski definition) is 0. The second-order valence-electron chi connectivity index (χ2n) is 12.6. The molecule has 0 unspecified atom stereocenters. The van der Waals surface area contributed by atoms with Crippen LogP contribution in [0.5, 0.6) is 11.5 Å². The Bertz CT molecular complexity index is 1790. The van der Waals surface area contributed by atoms with Gasteiger partial charge in [0.2, 0.25) is 5.91 Å². The van der Waals surface area contributed by atoms with E-state index in [-0.39, 0.29) is 67.9 Å². The molecule has 0 fully saturated rings. The number of rotatable bonds is 18. The minimum Gasteiger partial charge on any atom is -0.497 e. The number of amides is 1. The van der Waals surface area contributed by atoms with E-state index in [1.54, 1.807) is 60.2 Å². The molecule has 0 atom stereocenters. The van der Waals surface area contributed by atoms with Gasteiger partial charge in [-0.2, -0.15) is 10.2 Å². The summed E-state index contributed by atoms with van der Waals surface area (Å²) in [6.45, 7) is 8.28. The van der Waals surface area contributed by atoms with Gasteiger partial charge in [0.25, 0.3) is 0 Å². The zero-order chi connectivity index (χ0) is 35.1. The first-order valence-electron chi connectivity index (χ1n) is 16.0. The molecule has 13 nitrogen and oxygen atoms in total. The van der Waals surface area contributed by atoms with Crippen LogP contribution in [-0.2, 0) is 27.4 Å². The zero-order valence-electron chi connectivity index (χ0n) is 29.1. The first kappa shape index (κ1) is 36.2. The fraction of sp³-hybridized carbons (Fsp3) is 0.486. The Kier molecular flexibility index (Phi) is 12.1. The lowest BCUT2D eigenvalue weighted by molar-refractivity contribution is -0.133. The minimum atomic E-state index is -0.259. The van der Waals surface area contributed by atoms with E-state index in [2.05, 4.69) is 10.2 Å². The van der Waals surface area contributed by atoms with E-state index in [4.69, 9.17) is 14.2 Å². The van der Waals surface area contributed by atoms with Crippen LogP contribution in [0.2, 0.25) is 0 Å². The molecular formula is C35H46N6O7. The van der Waals surface area contributed by atoms with Crippen molar-refractivity contribution in [1.82, 2.24) is 29.4 Å². The van der Waals surface area contributed by atoms with Crippen molar-refractivity contribution in [3.63, 3.8) is 0 Å². The van der Waals surface area contributed by atoms with Crippen molar-refractivity contribution in [2.24, 2.45) is 11.8 Å². The molecule has 0 aliphatic carbocycles. The molecule has 48 heavy (non-hydrogen) atoms. The van der Waals surface area contributed by atoms with Gasteiger partial charge in [-0.15, -0.1) is 0 Å². The van der Waals surface area contributed by atoms with Gasteiger partial charge in [-0.3, -0.25) is 28.5 Å². The van der Waals surface area contributed by atoms with Crippen molar-refractivity contribution >= 4 is 45.1 Å². The molecule has 1 amide bonds. The number of hydrogen-bond acceptors (Lipinski definition) is 10. The number of likely N-dealkylation sites (N-methyl/N-ethyl adjacent to an activating group) is 1. The number of ether oxygens (including phenoxy) is 3. The van der Waals surface area contributed by atoms with Crippen molar-refractivity contribution in [3.8, 4) is 11.5 Å². The van der Waals surface area contributed by atoms with Crippen LogP contribution >= 0.6 is 0 Å². The highest BCUT2D eigenvalue weighted by Crippen LogP contribution is 2.27. The van der Waals surface area contributed by atoms with Crippen LogP contribution in [0.3, 0.4) is 0 Å². The lowest BCUT2D eigenvalue weighted by Crippen LogP contribution is -2.41. The van der Waals surface area contributed by atoms with Crippen LogP contribution < -0.4 is 9.47 Å². The van der Waals surface area contributed by atoms with Crippen LogP contribution in [-0.4, -0.2) is 114 Å². The largest absolute Gasteiger partial charge is 0.497 e. The molecule has 0 bridgehead atoms. The maximum atomic E-state index is 13.6. The fourth-order valence-corrected chi connectivity index (χ4v) is 5.20. The van der Waals surface area contributed by atoms with E-state index in [0.29, 0.717) is 57.8 Å². The van der Waals surface area contributed by atoms with E-state index in [1.165, 1.54) is 4.68 Å². The number of ketones is 3. The standard InChI is InChI=1S/C35H46N6O7/c1-22(2)34(44)32-27-11-9-25(46-7)17-29(27)40(36-32)19-24(42)21-48-16-15-39(14-13-38(5)6)31(43)20-41-30-18-26(47-8)10-12-28(30)33(37-41)35(45)23(3)4/h9-12,17-18,22-23H,13-16,19-21H2,1-8H3. The number of carbonyl (C=O) groups excluding carboxylic acids is 4. The van der Waals surface area contributed by atoms with Gasteiger partial charge < -0.3 is 24.0 Å². The SMILES string of the molecule is COc1ccc2c(C(=O)C(C)C)nn(CC(=O)COCCN(CCN(C)C)C(=O)Cn3nc(C(=O)C(C)C)c4ccc(OC)cc43)c2c1. The monoisotopic (exact) mass is 662 g/mol.